The van der Waals surface area contributed by atoms with Crippen LogP contribution in [0.15, 0.2) is 40.9 Å². The predicted molar refractivity (Wildman–Crippen MR) is 112 cm³/mol. The molecule has 1 heterocycles. The van der Waals surface area contributed by atoms with Crippen molar-refractivity contribution in [2.24, 2.45) is 4.99 Å². The second-order valence-electron chi connectivity index (χ2n) is 5.66. The van der Waals surface area contributed by atoms with Gasteiger partial charge < -0.3 is 15.0 Å². The van der Waals surface area contributed by atoms with E-state index in [9.17, 15) is 0 Å². The standard InChI is InChI=1S/C18H26ClN3O.HI/c1-3-20-18(21-10-7-15-8-11-23-12-9-15)22(2)14-16-5-4-6-17(19)13-16;/h4-6,8,13H,3,7,9-12,14H2,1-2H3,(H,20,21);1H. The third-order valence-corrected chi connectivity index (χ3v) is 3.99. The molecule has 1 aromatic carbocycles. The van der Waals surface area contributed by atoms with E-state index in [0.717, 1.165) is 56.7 Å². The van der Waals surface area contributed by atoms with Gasteiger partial charge in [-0.3, -0.25) is 4.99 Å². The molecule has 0 fully saturated rings. The SMILES string of the molecule is CCNC(=NCCC1=CCOCC1)N(C)Cc1cccc(Cl)c1.I. The zero-order valence-corrected chi connectivity index (χ0v) is 17.5. The van der Waals surface area contributed by atoms with E-state index < -0.39 is 0 Å². The number of aliphatic imine (C=N–C) groups is 1. The highest BCUT2D eigenvalue weighted by atomic mass is 127. The highest BCUT2D eigenvalue weighted by Gasteiger charge is 2.08. The zero-order chi connectivity index (χ0) is 16.5. The van der Waals surface area contributed by atoms with Crippen molar-refractivity contribution in [3.05, 3.63) is 46.5 Å². The van der Waals surface area contributed by atoms with E-state index in [1.54, 1.807) is 0 Å². The smallest absolute Gasteiger partial charge is 0.193 e. The summed E-state index contributed by atoms with van der Waals surface area (Å²) in [4.78, 5) is 6.88. The van der Waals surface area contributed by atoms with E-state index in [-0.39, 0.29) is 24.0 Å². The Labute approximate surface area is 167 Å². The topological polar surface area (TPSA) is 36.9 Å². The summed E-state index contributed by atoms with van der Waals surface area (Å²) in [5.74, 6) is 0.931. The summed E-state index contributed by atoms with van der Waals surface area (Å²) in [5, 5.41) is 4.12. The van der Waals surface area contributed by atoms with Crippen molar-refractivity contribution in [2.45, 2.75) is 26.3 Å². The molecular weight excluding hydrogens is 437 g/mol. The average molecular weight is 464 g/mol. The summed E-state index contributed by atoms with van der Waals surface area (Å²) in [7, 11) is 2.05. The van der Waals surface area contributed by atoms with Gasteiger partial charge in [0, 0.05) is 31.7 Å². The number of nitrogens with one attached hydrogen (secondary N) is 1. The summed E-state index contributed by atoms with van der Waals surface area (Å²) in [6.45, 7) is 6.11. The van der Waals surface area contributed by atoms with Crippen molar-refractivity contribution < 1.29 is 4.74 Å². The molecule has 0 saturated heterocycles. The fourth-order valence-corrected chi connectivity index (χ4v) is 2.76. The highest BCUT2D eigenvalue weighted by Crippen LogP contribution is 2.13. The van der Waals surface area contributed by atoms with Crippen LogP contribution in [0.25, 0.3) is 0 Å². The minimum Gasteiger partial charge on any atom is -0.377 e. The molecule has 2 rings (SSSR count). The predicted octanol–water partition coefficient (Wildman–Crippen LogP) is 4.09. The summed E-state index contributed by atoms with van der Waals surface area (Å²) in [6.07, 6.45) is 4.22. The zero-order valence-electron chi connectivity index (χ0n) is 14.4. The number of guanidine groups is 1. The van der Waals surface area contributed by atoms with E-state index in [1.165, 1.54) is 11.1 Å². The number of rotatable bonds is 6. The molecule has 1 aliphatic heterocycles. The first kappa shape index (κ1) is 21.3. The van der Waals surface area contributed by atoms with Crippen LogP contribution in [0.1, 0.15) is 25.3 Å². The van der Waals surface area contributed by atoms with E-state index >= 15 is 0 Å². The van der Waals surface area contributed by atoms with Crippen molar-refractivity contribution in [3.8, 4) is 0 Å². The van der Waals surface area contributed by atoms with Crippen molar-refractivity contribution in [3.63, 3.8) is 0 Å². The van der Waals surface area contributed by atoms with Crippen LogP contribution >= 0.6 is 35.6 Å². The first-order chi connectivity index (χ1) is 11.2. The van der Waals surface area contributed by atoms with Gasteiger partial charge in [0.15, 0.2) is 5.96 Å². The molecule has 4 nitrogen and oxygen atoms in total. The van der Waals surface area contributed by atoms with Crippen LogP contribution in [0.3, 0.4) is 0 Å². The maximum Gasteiger partial charge on any atom is 0.193 e. The molecule has 0 spiro atoms. The van der Waals surface area contributed by atoms with Crippen LogP contribution in [-0.2, 0) is 11.3 Å². The lowest BCUT2D eigenvalue weighted by Gasteiger charge is -2.22. The molecule has 24 heavy (non-hydrogen) atoms. The highest BCUT2D eigenvalue weighted by molar-refractivity contribution is 14.0. The Balaban J connectivity index is 0.00000288. The Morgan fingerprint density at radius 2 is 2.25 bits per heavy atom. The van der Waals surface area contributed by atoms with Crippen molar-refractivity contribution in [1.29, 1.82) is 0 Å². The fourth-order valence-electron chi connectivity index (χ4n) is 2.55. The normalized spacial score (nSPS) is 14.6. The molecule has 1 N–H and O–H groups in total. The maximum atomic E-state index is 6.06. The van der Waals surface area contributed by atoms with Gasteiger partial charge in [-0.1, -0.05) is 35.4 Å². The Morgan fingerprint density at radius 1 is 1.42 bits per heavy atom. The maximum absolute atomic E-state index is 6.06. The van der Waals surface area contributed by atoms with Gasteiger partial charge in [0.05, 0.1) is 13.2 Å². The molecule has 0 amide bonds. The van der Waals surface area contributed by atoms with Crippen molar-refractivity contribution in [1.82, 2.24) is 10.2 Å². The van der Waals surface area contributed by atoms with Gasteiger partial charge >= 0.3 is 0 Å². The number of benzene rings is 1. The molecule has 0 atom stereocenters. The van der Waals surface area contributed by atoms with Crippen LogP contribution < -0.4 is 5.32 Å². The number of ether oxygens (including phenoxy) is 1. The summed E-state index contributed by atoms with van der Waals surface area (Å²) >= 11 is 6.06. The lowest BCUT2D eigenvalue weighted by Crippen LogP contribution is -2.38. The van der Waals surface area contributed by atoms with Crippen LogP contribution in [0.4, 0.5) is 0 Å². The number of nitrogens with zero attached hydrogens (tertiary/aromatic N) is 2. The summed E-state index contributed by atoms with van der Waals surface area (Å²) in [5.41, 5.74) is 2.63. The minimum absolute atomic E-state index is 0. The summed E-state index contributed by atoms with van der Waals surface area (Å²) < 4.78 is 5.34. The first-order valence-corrected chi connectivity index (χ1v) is 8.56. The number of halogens is 2. The molecule has 1 aromatic rings. The Bertz CT molecular complexity index is 563. The molecule has 0 aromatic heterocycles. The largest absolute Gasteiger partial charge is 0.377 e. The molecule has 0 saturated carbocycles. The molecule has 6 heteroatoms. The van der Waals surface area contributed by atoms with Gasteiger partial charge in [0.2, 0.25) is 0 Å². The minimum atomic E-state index is 0. The van der Waals surface area contributed by atoms with E-state index in [0.29, 0.717) is 0 Å². The van der Waals surface area contributed by atoms with Gasteiger partial charge in [-0.05, 0) is 37.5 Å². The first-order valence-electron chi connectivity index (χ1n) is 8.18. The molecule has 0 aliphatic carbocycles. The van der Waals surface area contributed by atoms with Gasteiger partial charge in [-0.25, -0.2) is 0 Å². The Hall–Kier alpha value is -0.790. The third kappa shape index (κ3) is 7.40. The van der Waals surface area contributed by atoms with Gasteiger partial charge in [-0.2, -0.15) is 0 Å². The second kappa shape index (κ2) is 11.7. The van der Waals surface area contributed by atoms with E-state index in [2.05, 4.69) is 36.3 Å². The van der Waals surface area contributed by atoms with Crippen LogP contribution in [0.2, 0.25) is 5.02 Å². The lowest BCUT2D eigenvalue weighted by atomic mass is 10.1. The third-order valence-electron chi connectivity index (χ3n) is 3.76. The number of hydrogen-bond acceptors (Lipinski definition) is 2. The Morgan fingerprint density at radius 3 is 2.92 bits per heavy atom. The number of hydrogen-bond donors (Lipinski definition) is 1. The quantitative estimate of drug-likeness (QED) is 0.299. The van der Waals surface area contributed by atoms with E-state index in [1.807, 2.05) is 18.2 Å². The molecule has 0 bridgehead atoms. The summed E-state index contributed by atoms with van der Waals surface area (Å²) in [6, 6.07) is 7.95. The molecule has 134 valence electrons. The molecular formula is C18H27ClIN3O. The Kier molecular flexibility index (Phi) is 10.4. The monoisotopic (exact) mass is 463 g/mol. The van der Waals surface area contributed by atoms with Gasteiger partial charge in [0.1, 0.15) is 0 Å². The van der Waals surface area contributed by atoms with Gasteiger partial charge in [0.25, 0.3) is 0 Å². The van der Waals surface area contributed by atoms with Crippen LogP contribution in [0, 0.1) is 0 Å². The average Bonchev–Trinajstić information content (AvgIpc) is 2.55. The van der Waals surface area contributed by atoms with Crippen LogP contribution in [-0.4, -0.2) is 44.2 Å². The van der Waals surface area contributed by atoms with E-state index in [4.69, 9.17) is 21.3 Å². The van der Waals surface area contributed by atoms with Gasteiger partial charge in [-0.15, -0.1) is 24.0 Å². The molecule has 0 unspecified atom stereocenters. The van der Waals surface area contributed by atoms with Crippen molar-refractivity contribution >= 4 is 41.5 Å². The van der Waals surface area contributed by atoms with Crippen LogP contribution in [0.5, 0.6) is 0 Å². The van der Waals surface area contributed by atoms with Crippen molar-refractivity contribution in [2.75, 3.05) is 33.4 Å². The molecule has 1 aliphatic rings. The second-order valence-corrected chi connectivity index (χ2v) is 6.10. The molecule has 0 radical (unpaired) electrons. The lowest BCUT2D eigenvalue weighted by molar-refractivity contribution is 0.153. The fraction of sp³-hybridized carbons (Fsp3) is 0.500.